The Morgan fingerprint density at radius 3 is 2.82 bits per heavy atom. The summed E-state index contributed by atoms with van der Waals surface area (Å²) in [7, 11) is 0. The fourth-order valence-electron chi connectivity index (χ4n) is 1.28. The zero-order valence-corrected chi connectivity index (χ0v) is 6.33. The van der Waals surface area contributed by atoms with E-state index in [-0.39, 0.29) is 11.8 Å². The fraction of sp³-hybridized carbons (Fsp3) is 0.714. The second kappa shape index (κ2) is 2.90. The van der Waals surface area contributed by atoms with Gasteiger partial charge in [-0.25, -0.2) is 0 Å². The number of nitrogens with one attached hydrogen (secondary N) is 1. The van der Waals surface area contributed by atoms with E-state index >= 15 is 0 Å². The first-order valence-electron chi connectivity index (χ1n) is 3.63. The van der Waals surface area contributed by atoms with Crippen LogP contribution in [0.3, 0.4) is 0 Å². The molecule has 4 nitrogen and oxygen atoms in total. The van der Waals surface area contributed by atoms with Crippen LogP contribution in [0.4, 0.5) is 0 Å². The van der Waals surface area contributed by atoms with Crippen LogP contribution in [0.1, 0.15) is 13.3 Å². The summed E-state index contributed by atoms with van der Waals surface area (Å²) in [6.45, 7) is 2.13. The molecular formula is C7H11NO3. The molecule has 0 aromatic carbocycles. The normalized spacial score (nSPS) is 31.2. The van der Waals surface area contributed by atoms with Crippen LogP contribution in [0.2, 0.25) is 0 Å². The fourth-order valence-corrected chi connectivity index (χ4v) is 1.28. The van der Waals surface area contributed by atoms with Gasteiger partial charge in [0.1, 0.15) is 0 Å². The van der Waals surface area contributed by atoms with Gasteiger partial charge in [-0.1, -0.05) is 6.92 Å². The molecule has 62 valence electrons. The Labute approximate surface area is 64.6 Å². The van der Waals surface area contributed by atoms with Gasteiger partial charge in [0.15, 0.2) is 0 Å². The van der Waals surface area contributed by atoms with E-state index in [1.54, 1.807) is 6.92 Å². The number of aliphatic carboxylic acids is 1. The summed E-state index contributed by atoms with van der Waals surface area (Å²) in [6, 6.07) is 0. The summed E-state index contributed by atoms with van der Waals surface area (Å²) in [5.74, 6) is -1.90. The molecule has 2 atom stereocenters. The van der Waals surface area contributed by atoms with Crippen molar-refractivity contribution in [1.29, 1.82) is 0 Å². The van der Waals surface area contributed by atoms with Crippen molar-refractivity contribution >= 4 is 11.9 Å². The van der Waals surface area contributed by atoms with Crippen LogP contribution in [0.15, 0.2) is 0 Å². The minimum Gasteiger partial charge on any atom is -0.481 e. The highest BCUT2D eigenvalue weighted by atomic mass is 16.4. The van der Waals surface area contributed by atoms with Crippen molar-refractivity contribution in [1.82, 2.24) is 5.32 Å². The van der Waals surface area contributed by atoms with Gasteiger partial charge in [0.2, 0.25) is 5.91 Å². The van der Waals surface area contributed by atoms with Crippen LogP contribution in [-0.2, 0) is 9.59 Å². The molecule has 0 bridgehead atoms. The monoisotopic (exact) mass is 157 g/mol. The van der Waals surface area contributed by atoms with Crippen LogP contribution in [0.5, 0.6) is 0 Å². The van der Waals surface area contributed by atoms with Crippen LogP contribution >= 0.6 is 0 Å². The van der Waals surface area contributed by atoms with Gasteiger partial charge in [-0.2, -0.15) is 0 Å². The molecule has 2 N–H and O–H groups in total. The lowest BCUT2D eigenvalue weighted by Gasteiger charge is -2.24. The maximum absolute atomic E-state index is 10.9. The molecule has 1 heterocycles. The number of carbonyl (C=O) groups excluding carboxylic acids is 1. The number of rotatable bonds is 1. The SMILES string of the molecule is C[C@H]1C(=O)NCC[C@H]1C(=O)O. The zero-order chi connectivity index (χ0) is 8.43. The van der Waals surface area contributed by atoms with Gasteiger partial charge in [0.25, 0.3) is 0 Å². The third-order valence-corrected chi connectivity index (χ3v) is 2.09. The van der Waals surface area contributed by atoms with Crippen molar-refractivity contribution in [2.75, 3.05) is 6.54 Å². The molecule has 1 amide bonds. The molecule has 0 aromatic heterocycles. The van der Waals surface area contributed by atoms with Crippen LogP contribution in [0, 0.1) is 11.8 Å². The molecule has 0 spiro atoms. The molecule has 1 aliphatic rings. The number of carboxylic acids is 1. The predicted molar refractivity (Wildman–Crippen MR) is 37.9 cm³/mol. The molecule has 0 aliphatic carbocycles. The highest BCUT2D eigenvalue weighted by molar-refractivity contribution is 5.85. The Kier molecular flexibility index (Phi) is 2.12. The number of amides is 1. The van der Waals surface area contributed by atoms with Gasteiger partial charge >= 0.3 is 5.97 Å². The Balaban J connectivity index is 2.65. The first kappa shape index (κ1) is 8.04. The van der Waals surface area contributed by atoms with Crippen molar-refractivity contribution in [3.05, 3.63) is 0 Å². The van der Waals surface area contributed by atoms with Crippen molar-refractivity contribution < 1.29 is 14.7 Å². The lowest BCUT2D eigenvalue weighted by atomic mass is 9.87. The molecule has 11 heavy (non-hydrogen) atoms. The van der Waals surface area contributed by atoms with E-state index in [9.17, 15) is 9.59 Å². The van der Waals surface area contributed by atoms with E-state index in [0.29, 0.717) is 13.0 Å². The van der Waals surface area contributed by atoms with E-state index < -0.39 is 11.9 Å². The minimum atomic E-state index is -0.868. The average Bonchev–Trinajstić information content (AvgIpc) is 1.94. The van der Waals surface area contributed by atoms with Crippen LogP contribution in [-0.4, -0.2) is 23.5 Å². The van der Waals surface area contributed by atoms with E-state index in [2.05, 4.69) is 5.32 Å². The maximum atomic E-state index is 10.9. The maximum Gasteiger partial charge on any atom is 0.307 e. The Hall–Kier alpha value is -1.06. The smallest absolute Gasteiger partial charge is 0.307 e. The molecule has 0 unspecified atom stereocenters. The quantitative estimate of drug-likeness (QED) is 0.556. The summed E-state index contributed by atoms with van der Waals surface area (Å²) in [6.07, 6.45) is 0.544. The van der Waals surface area contributed by atoms with E-state index in [1.807, 2.05) is 0 Å². The molecule has 1 aliphatic heterocycles. The van der Waals surface area contributed by atoms with Gasteiger partial charge in [-0.05, 0) is 6.42 Å². The van der Waals surface area contributed by atoms with Gasteiger partial charge in [-0.3, -0.25) is 9.59 Å². The lowest BCUT2D eigenvalue weighted by Crippen LogP contribution is -2.43. The molecule has 0 radical (unpaired) electrons. The highest BCUT2D eigenvalue weighted by Crippen LogP contribution is 2.19. The molecule has 0 saturated carbocycles. The number of hydrogen-bond donors (Lipinski definition) is 2. The van der Waals surface area contributed by atoms with Crippen molar-refractivity contribution in [3.8, 4) is 0 Å². The molecule has 1 saturated heterocycles. The second-order valence-corrected chi connectivity index (χ2v) is 2.81. The number of piperidine rings is 1. The molecule has 0 aromatic rings. The van der Waals surface area contributed by atoms with Gasteiger partial charge in [0, 0.05) is 12.5 Å². The standard InChI is InChI=1S/C7H11NO3/c1-4-5(7(10)11)2-3-8-6(4)9/h4-5H,2-3H2,1H3,(H,8,9)(H,10,11)/t4-,5-/m1/s1. The Morgan fingerprint density at radius 1 is 1.73 bits per heavy atom. The predicted octanol–water partition coefficient (Wildman–Crippen LogP) is -0.157. The van der Waals surface area contributed by atoms with Crippen molar-refractivity contribution in [2.45, 2.75) is 13.3 Å². The second-order valence-electron chi connectivity index (χ2n) is 2.81. The third-order valence-electron chi connectivity index (χ3n) is 2.09. The lowest BCUT2D eigenvalue weighted by molar-refractivity contribution is -0.148. The van der Waals surface area contributed by atoms with Gasteiger partial charge in [-0.15, -0.1) is 0 Å². The van der Waals surface area contributed by atoms with Gasteiger partial charge in [0.05, 0.1) is 5.92 Å². The zero-order valence-electron chi connectivity index (χ0n) is 6.33. The Bertz CT molecular complexity index is 190. The van der Waals surface area contributed by atoms with Crippen LogP contribution < -0.4 is 5.32 Å². The minimum absolute atomic E-state index is 0.149. The van der Waals surface area contributed by atoms with E-state index in [4.69, 9.17) is 5.11 Å². The average molecular weight is 157 g/mol. The molecule has 4 heteroatoms. The van der Waals surface area contributed by atoms with Crippen molar-refractivity contribution in [2.24, 2.45) is 11.8 Å². The van der Waals surface area contributed by atoms with E-state index in [0.717, 1.165) is 0 Å². The Morgan fingerprint density at radius 2 is 2.36 bits per heavy atom. The number of carboxylic acid groups (broad SMARTS) is 1. The largest absolute Gasteiger partial charge is 0.481 e. The number of hydrogen-bond acceptors (Lipinski definition) is 2. The highest BCUT2D eigenvalue weighted by Gasteiger charge is 2.32. The molecular weight excluding hydrogens is 146 g/mol. The molecule has 1 rings (SSSR count). The summed E-state index contributed by atoms with van der Waals surface area (Å²) >= 11 is 0. The van der Waals surface area contributed by atoms with Gasteiger partial charge < -0.3 is 10.4 Å². The number of carbonyl (C=O) groups is 2. The molecule has 1 fully saturated rings. The van der Waals surface area contributed by atoms with Crippen molar-refractivity contribution in [3.63, 3.8) is 0 Å². The van der Waals surface area contributed by atoms with E-state index in [1.165, 1.54) is 0 Å². The third kappa shape index (κ3) is 1.50. The first-order valence-corrected chi connectivity index (χ1v) is 3.63. The topological polar surface area (TPSA) is 66.4 Å². The summed E-state index contributed by atoms with van der Waals surface area (Å²) in [5.41, 5.74) is 0. The summed E-state index contributed by atoms with van der Waals surface area (Å²) in [5, 5.41) is 11.3. The summed E-state index contributed by atoms with van der Waals surface area (Å²) in [4.78, 5) is 21.5. The summed E-state index contributed by atoms with van der Waals surface area (Å²) < 4.78 is 0. The van der Waals surface area contributed by atoms with Crippen LogP contribution in [0.25, 0.3) is 0 Å². The first-order chi connectivity index (χ1) is 5.13.